The second-order valence-electron chi connectivity index (χ2n) is 4.47. The molecule has 0 bridgehead atoms. The summed E-state index contributed by atoms with van der Waals surface area (Å²) in [6.45, 7) is 1.98. The number of methoxy groups -OCH3 is 2. The molecular formula is C14H19N5O3. The van der Waals surface area contributed by atoms with Crippen molar-refractivity contribution in [1.29, 1.82) is 0 Å². The van der Waals surface area contributed by atoms with E-state index in [0.717, 1.165) is 6.42 Å². The van der Waals surface area contributed by atoms with Crippen molar-refractivity contribution in [2.45, 2.75) is 19.4 Å². The van der Waals surface area contributed by atoms with Gasteiger partial charge in [0.2, 0.25) is 5.88 Å². The number of aromatic nitrogens is 4. The van der Waals surface area contributed by atoms with Gasteiger partial charge in [0.25, 0.3) is 0 Å². The molecule has 0 saturated carbocycles. The number of nitrogens with zero attached hydrogens (tertiary/aromatic N) is 4. The molecule has 2 aromatic heterocycles. The van der Waals surface area contributed by atoms with Gasteiger partial charge < -0.3 is 19.9 Å². The molecule has 0 aromatic carbocycles. The van der Waals surface area contributed by atoms with Crippen LogP contribution in [-0.2, 0) is 0 Å². The average Bonchev–Trinajstić information content (AvgIpc) is 2.59. The third-order valence-corrected chi connectivity index (χ3v) is 3.11. The lowest BCUT2D eigenvalue weighted by molar-refractivity contribution is 0.271. The van der Waals surface area contributed by atoms with E-state index in [1.807, 2.05) is 6.92 Å². The summed E-state index contributed by atoms with van der Waals surface area (Å²) in [6.07, 6.45) is 5.47. The molecule has 2 N–H and O–H groups in total. The molecule has 2 aromatic rings. The normalized spacial score (nSPS) is 11.8. The highest BCUT2D eigenvalue weighted by Crippen LogP contribution is 2.31. The standard InChI is InChI=1S/C14H19N5O3/c1-4-9(8-20)18-12-11(15-5-6-16-12)10-7-17-14(22-3)19-13(10)21-2/h5-7,9,20H,4,8H2,1-3H3,(H,16,18). The zero-order valence-corrected chi connectivity index (χ0v) is 12.8. The molecular weight excluding hydrogens is 286 g/mol. The Morgan fingerprint density at radius 1 is 1.18 bits per heavy atom. The van der Waals surface area contributed by atoms with E-state index in [9.17, 15) is 5.11 Å². The van der Waals surface area contributed by atoms with Crippen LogP contribution in [-0.4, -0.2) is 51.9 Å². The van der Waals surface area contributed by atoms with E-state index in [2.05, 4.69) is 25.3 Å². The minimum Gasteiger partial charge on any atom is -0.480 e. The van der Waals surface area contributed by atoms with Gasteiger partial charge in [-0.2, -0.15) is 4.98 Å². The van der Waals surface area contributed by atoms with Gasteiger partial charge in [-0.15, -0.1) is 0 Å². The molecule has 2 heterocycles. The van der Waals surface area contributed by atoms with Crippen molar-refractivity contribution in [3.8, 4) is 23.1 Å². The Balaban J connectivity index is 2.44. The molecule has 22 heavy (non-hydrogen) atoms. The van der Waals surface area contributed by atoms with Crippen LogP contribution < -0.4 is 14.8 Å². The topological polar surface area (TPSA) is 102 Å². The maximum absolute atomic E-state index is 9.34. The molecule has 118 valence electrons. The molecule has 0 aliphatic rings. The number of anilines is 1. The Bertz CT molecular complexity index is 619. The van der Waals surface area contributed by atoms with Gasteiger partial charge >= 0.3 is 6.01 Å². The van der Waals surface area contributed by atoms with E-state index in [1.165, 1.54) is 14.2 Å². The summed E-state index contributed by atoms with van der Waals surface area (Å²) in [7, 11) is 2.99. The van der Waals surface area contributed by atoms with Crippen LogP contribution in [0.25, 0.3) is 11.3 Å². The van der Waals surface area contributed by atoms with Crippen molar-refractivity contribution < 1.29 is 14.6 Å². The fourth-order valence-electron chi connectivity index (χ4n) is 1.88. The zero-order valence-electron chi connectivity index (χ0n) is 12.8. The van der Waals surface area contributed by atoms with Gasteiger partial charge in [0, 0.05) is 18.6 Å². The van der Waals surface area contributed by atoms with Crippen molar-refractivity contribution in [3.05, 3.63) is 18.6 Å². The summed E-state index contributed by atoms with van der Waals surface area (Å²) in [5, 5.41) is 12.5. The van der Waals surface area contributed by atoms with Gasteiger partial charge in [0.15, 0.2) is 5.82 Å². The van der Waals surface area contributed by atoms with Crippen LogP contribution in [0.1, 0.15) is 13.3 Å². The summed E-state index contributed by atoms with van der Waals surface area (Å²) in [6, 6.07) is 0.0985. The second kappa shape index (κ2) is 7.51. The van der Waals surface area contributed by atoms with Crippen LogP contribution in [0, 0.1) is 0 Å². The van der Waals surface area contributed by atoms with E-state index in [4.69, 9.17) is 9.47 Å². The molecule has 0 saturated heterocycles. The molecule has 1 unspecified atom stereocenters. The number of aliphatic hydroxyl groups is 1. The number of rotatable bonds is 7. The zero-order chi connectivity index (χ0) is 15.9. The van der Waals surface area contributed by atoms with Crippen LogP contribution in [0.5, 0.6) is 11.9 Å². The quantitative estimate of drug-likeness (QED) is 0.785. The molecule has 8 heteroatoms. The second-order valence-corrected chi connectivity index (χ2v) is 4.47. The fourth-order valence-corrected chi connectivity index (χ4v) is 1.88. The smallest absolute Gasteiger partial charge is 0.319 e. The van der Waals surface area contributed by atoms with E-state index in [0.29, 0.717) is 23.0 Å². The van der Waals surface area contributed by atoms with Gasteiger partial charge in [-0.05, 0) is 6.42 Å². The SMILES string of the molecule is CCC(CO)Nc1nccnc1-c1cnc(OC)nc1OC. The van der Waals surface area contributed by atoms with Crippen LogP contribution in [0.2, 0.25) is 0 Å². The van der Waals surface area contributed by atoms with Crippen molar-refractivity contribution in [2.75, 3.05) is 26.1 Å². The van der Waals surface area contributed by atoms with Crippen LogP contribution in [0.15, 0.2) is 18.6 Å². The first-order valence-electron chi connectivity index (χ1n) is 6.87. The van der Waals surface area contributed by atoms with Crippen molar-refractivity contribution in [3.63, 3.8) is 0 Å². The Kier molecular flexibility index (Phi) is 5.42. The van der Waals surface area contributed by atoms with E-state index < -0.39 is 0 Å². The predicted octanol–water partition coefficient (Wildman–Crippen LogP) is 1.13. The lowest BCUT2D eigenvalue weighted by atomic mass is 10.2. The van der Waals surface area contributed by atoms with E-state index in [-0.39, 0.29) is 18.7 Å². The molecule has 0 amide bonds. The van der Waals surface area contributed by atoms with Crippen LogP contribution in [0.4, 0.5) is 5.82 Å². The van der Waals surface area contributed by atoms with Gasteiger partial charge in [-0.25, -0.2) is 9.97 Å². The summed E-state index contributed by atoms with van der Waals surface area (Å²) in [5.74, 6) is 0.878. The van der Waals surface area contributed by atoms with Crippen molar-refractivity contribution >= 4 is 5.82 Å². The molecule has 2 rings (SSSR count). The third kappa shape index (κ3) is 3.40. The average molecular weight is 305 g/mol. The molecule has 1 atom stereocenters. The summed E-state index contributed by atoms with van der Waals surface area (Å²) in [5.41, 5.74) is 1.14. The highest BCUT2D eigenvalue weighted by molar-refractivity contribution is 5.74. The maximum Gasteiger partial charge on any atom is 0.319 e. The number of aliphatic hydroxyl groups excluding tert-OH is 1. The molecule has 0 fully saturated rings. The van der Waals surface area contributed by atoms with E-state index >= 15 is 0 Å². The monoisotopic (exact) mass is 305 g/mol. The maximum atomic E-state index is 9.34. The first-order valence-corrected chi connectivity index (χ1v) is 6.87. The molecule has 8 nitrogen and oxygen atoms in total. The highest BCUT2D eigenvalue weighted by Gasteiger charge is 2.17. The Morgan fingerprint density at radius 3 is 2.59 bits per heavy atom. The van der Waals surface area contributed by atoms with Crippen molar-refractivity contribution in [2.24, 2.45) is 0 Å². The minimum absolute atomic E-state index is 0.00274. The summed E-state index contributed by atoms with van der Waals surface area (Å²) >= 11 is 0. The first kappa shape index (κ1) is 15.9. The summed E-state index contributed by atoms with van der Waals surface area (Å²) < 4.78 is 10.3. The minimum atomic E-state index is -0.111. The van der Waals surface area contributed by atoms with Gasteiger partial charge in [0.1, 0.15) is 5.69 Å². The Hall–Kier alpha value is -2.48. The predicted molar refractivity (Wildman–Crippen MR) is 80.9 cm³/mol. The third-order valence-electron chi connectivity index (χ3n) is 3.11. The molecule has 0 aliphatic heterocycles. The van der Waals surface area contributed by atoms with Gasteiger partial charge in [-0.1, -0.05) is 6.92 Å². The molecule has 0 aliphatic carbocycles. The highest BCUT2D eigenvalue weighted by atomic mass is 16.5. The number of ether oxygens (including phenoxy) is 2. The Labute approximate surface area is 128 Å². The Morgan fingerprint density at radius 2 is 1.95 bits per heavy atom. The van der Waals surface area contributed by atoms with Crippen molar-refractivity contribution in [1.82, 2.24) is 19.9 Å². The van der Waals surface area contributed by atoms with Gasteiger partial charge in [0.05, 0.1) is 32.4 Å². The number of hydrogen-bond donors (Lipinski definition) is 2. The van der Waals surface area contributed by atoms with E-state index in [1.54, 1.807) is 18.6 Å². The summed E-state index contributed by atoms with van der Waals surface area (Å²) in [4.78, 5) is 16.8. The number of hydrogen-bond acceptors (Lipinski definition) is 8. The van der Waals surface area contributed by atoms with Gasteiger partial charge in [-0.3, -0.25) is 4.98 Å². The first-order chi connectivity index (χ1) is 10.7. The van der Waals surface area contributed by atoms with Crippen LogP contribution in [0.3, 0.4) is 0 Å². The van der Waals surface area contributed by atoms with Crippen LogP contribution >= 0.6 is 0 Å². The number of nitrogens with one attached hydrogen (secondary N) is 1. The molecule has 0 spiro atoms. The molecule has 0 radical (unpaired) electrons. The fraction of sp³-hybridized carbons (Fsp3) is 0.429. The lowest BCUT2D eigenvalue weighted by Crippen LogP contribution is -2.23. The lowest BCUT2D eigenvalue weighted by Gasteiger charge is -2.17. The largest absolute Gasteiger partial charge is 0.480 e.